The molecule has 0 radical (unpaired) electrons. The number of ether oxygens (including phenoxy) is 5. The summed E-state index contributed by atoms with van der Waals surface area (Å²) in [5.74, 6) is 0.293. The molecule has 0 unspecified atom stereocenters. The number of carbonyl (C=O) groups excluding carboxylic acids is 3. The predicted octanol–water partition coefficient (Wildman–Crippen LogP) is 7.14. The lowest BCUT2D eigenvalue weighted by Crippen LogP contribution is -2.10. The summed E-state index contributed by atoms with van der Waals surface area (Å²) >= 11 is 0. The second-order valence-electron chi connectivity index (χ2n) is 9.70. The zero-order chi connectivity index (χ0) is 30.3. The topological polar surface area (TPSA) is 97.4 Å². The molecule has 0 bridgehead atoms. The second kappa shape index (κ2) is 16.6. The van der Waals surface area contributed by atoms with E-state index in [-0.39, 0.29) is 11.7 Å². The molecule has 0 aliphatic carbocycles. The number of benzene rings is 3. The zero-order valence-electron chi connectivity index (χ0n) is 24.5. The molecule has 0 N–H and O–H groups in total. The molecule has 0 saturated heterocycles. The highest BCUT2D eigenvalue weighted by molar-refractivity contribution is 5.93. The van der Waals surface area contributed by atoms with E-state index in [1.807, 2.05) is 12.1 Å². The van der Waals surface area contributed by atoms with Gasteiger partial charge in [-0.05, 0) is 86.3 Å². The number of unbranched alkanes of at least 4 members (excludes halogenated alkanes) is 4. The van der Waals surface area contributed by atoms with E-state index in [1.165, 1.54) is 19.2 Å². The van der Waals surface area contributed by atoms with Crippen LogP contribution in [-0.2, 0) is 16.0 Å². The average molecular weight is 575 g/mol. The molecule has 0 aliphatic heterocycles. The van der Waals surface area contributed by atoms with Gasteiger partial charge in [-0.25, -0.2) is 14.4 Å². The Balaban J connectivity index is 1.42. The summed E-state index contributed by atoms with van der Waals surface area (Å²) in [4.78, 5) is 36.5. The Kier molecular flexibility index (Phi) is 12.6. The van der Waals surface area contributed by atoms with Gasteiger partial charge in [0.25, 0.3) is 0 Å². The number of rotatable bonds is 16. The van der Waals surface area contributed by atoms with Crippen molar-refractivity contribution in [1.29, 1.82) is 0 Å². The van der Waals surface area contributed by atoms with E-state index >= 15 is 0 Å². The van der Waals surface area contributed by atoms with E-state index in [2.05, 4.69) is 13.5 Å². The fourth-order valence-corrected chi connectivity index (χ4v) is 3.90. The summed E-state index contributed by atoms with van der Waals surface area (Å²) < 4.78 is 27.2. The standard InChI is InChI=1S/C34H38O8/c1-5-25-11-16-28(17-12-25)41-33(36)26-13-18-29(19-14-26)42-34(37)27-15-20-30(31(23-27)38-4)39-21-9-7-6-8-10-22-40-32(35)24(2)3/h11-20,23H,2,5-10,21-22H2,1,3-4H3. The van der Waals surface area contributed by atoms with Gasteiger partial charge in [0.2, 0.25) is 0 Å². The molecule has 0 spiro atoms. The normalized spacial score (nSPS) is 10.5. The third kappa shape index (κ3) is 10.1. The van der Waals surface area contributed by atoms with Crippen LogP contribution in [0.2, 0.25) is 0 Å². The maximum atomic E-state index is 12.7. The van der Waals surface area contributed by atoms with E-state index < -0.39 is 11.9 Å². The number of hydrogen-bond acceptors (Lipinski definition) is 8. The Morgan fingerprint density at radius 3 is 1.83 bits per heavy atom. The van der Waals surface area contributed by atoms with Crippen LogP contribution < -0.4 is 18.9 Å². The van der Waals surface area contributed by atoms with Crippen LogP contribution in [0.4, 0.5) is 0 Å². The van der Waals surface area contributed by atoms with Crippen LogP contribution in [0.3, 0.4) is 0 Å². The van der Waals surface area contributed by atoms with Crippen LogP contribution in [0.25, 0.3) is 0 Å². The van der Waals surface area contributed by atoms with E-state index in [1.54, 1.807) is 49.4 Å². The number of methoxy groups -OCH3 is 1. The summed E-state index contributed by atoms with van der Waals surface area (Å²) in [6, 6.07) is 18.4. The minimum Gasteiger partial charge on any atom is -0.493 e. The third-order valence-corrected chi connectivity index (χ3v) is 6.37. The van der Waals surface area contributed by atoms with E-state index in [0.717, 1.165) is 44.1 Å². The molecule has 3 aromatic carbocycles. The molecule has 0 heterocycles. The van der Waals surface area contributed by atoms with Gasteiger partial charge in [-0.1, -0.05) is 44.9 Å². The third-order valence-electron chi connectivity index (χ3n) is 6.37. The average Bonchev–Trinajstić information content (AvgIpc) is 3.00. The van der Waals surface area contributed by atoms with Gasteiger partial charge >= 0.3 is 17.9 Å². The quantitative estimate of drug-likeness (QED) is 0.0770. The minimum atomic E-state index is -0.569. The number of aryl methyl sites for hydroxylation is 1. The highest BCUT2D eigenvalue weighted by Gasteiger charge is 2.15. The molecule has 0 aromatic heterocycles. The molecule has 0 aliphatic rings. The van der Waals surface area contributed by atoms with E-state index in [0.29, 0.717) is 47.2 Å². The van der Waals surface area contributed by atoms with Crippen molar-refractivity contribution >= 4 is 17.9 Å². The summed E-state index contributed by atoms with van der Waals surface area (Å²) in [7, 11) is 1.51. The highest BCUT2D eigenvalue weighted by atomic mass is 16.5. The molecular formula is C34H38O8. The van der Waals surface area contributed by atoms with Crippen molar-refractivity contribution in [3.8, 4) is 23.0 Å². The van der Waals surface area contributed by atoms with Crippen molar-refractivity contribution in [2.24, 2.45) is 0 Å². The monoisotopic (exact) mass is 574 g/mol. The fourth-order valence-electron chi connectivity index (χ4n) is 3.90. The van der Waals surface area contributed by atoms with Crippen molar-refractivity contribution in [1.82, 2.24) is 0 Å². The SMILES string of the molecule is C=C(C)C(=O)OCCCCCCCOc1ccc(C(=O)Oc2ccc(C(=O)Oc3ccc(CC)cc3)cc2)cc1OC. The molecule has 42 heavy (non-hydrogen) atoms. The maximum Gasteiger partial charge on any atom is 0.343 e. The Morgan fingerprint density at radius 2 is 1.24 bits per heavy atom. The lowest BCUT2D eigenvalue weighted by molar-refractivity contribution is -0.139. The van der Waals surface area contributed by atoms with Gasteiger partial charge in [-0.2, -0.15) is 0 Å². The van der Waals surface area contributed by atoms with Crippen molar-refractivity contribution in [2.75, 3.05) is 20.3 Å². The van der Waals surface area contributed by atoms with Crippen molar-refractivity contribution in [2.45, 2.75) is 52.4 Å². The van der Waals surface area contributed by atoms with Crippen LogP contribution in [0.5, 0.6) is 23.0 Å². The molecule has 3 aromatic rings. The van der Waals surface area contributed by atoms with Crippen LogP contribution in [0, 0.1) is 0 Å². The molecule has 222 valence electrons. The number of hydrogen-bond donors (Lipinski definition) is 0. The number of carbonyl (C=O) groups is 3. The predicted molar refractivity (Wildman–Crippen MR) is 160 cm³/mol. The van der Waals surface area contributed by atoms with Gasteiger partial charge in [0, 0.05) is 5.57 Å². The Hall–Kier alpha value is -4.59. The number of esters is 3. The van der Waals surface area contributed by atoms with Crippen LogP contribution in [0.15, 0.2) is 78.9 Å². The van der Waals surface area contributed by atoms with Crippen LogP contribution in [-0.4, -0.2) is 38.2 Å². The first-order chi connectivity index (χ1) is 20.3. The molecule has 0 fully saturated rings. The Bertz CT molecular complexity index is 1340. The molecule has 3 rings (SSSR count). The summed E-state index contributed by atoms with van der Waals surface area (Å²) in [6.07, 6.45) is 5.52. The van der Waals surface area contributed by atoms with Gasteiger partial charge in [0.05, 0.1) is 31.5 Å². The van der Waals surface area contributed by atoms with Gasteiger partial charge in [0.15, 0.2) is 11.5 Å². The van der Waals surface area contributed by atoms with Crippen molar-refractivity contribution < 1.29 is 38.1 Å². The van der Waals surface area contributed by atoms with Gasteiger partial charge in [-0.3, -0.25) is 0 Å². The van der Waals surface area contributed by atoms with E-state index in [4.69, 9.17) is 23.7 Å². The first-order valence-corrected chi connectivity index (χ1v) is 14.1. The summed E-state index contributed by atoms with van der Waals surface area (Å²) in [5, 5.41) is 0. The van der Waals surface area contributed by atoms with Crippen LogP contribution in [0.1, 0.15) is 72.2 Å². The smallest absolute Gasteiger partial charge is 0.343 e. The van der Waals surface area contributed by atoms with Gasteiger partial charge < -0.3 is 23.7 Å². The van der Waals surface area contributed by atoms with E-state index in [9.17, 15) is 14.4 Å². The van der Waals surface area contributed by atoms with Crippen LogP contribution >= 0.6 is 0 Å². The summed E-state index contributed by atoms with van der Waals surface area (Å²) in [6.45, 7) is 8.15. The Morgan fingerprint density at radius 1 is 0.690 bits per heavy atom. The largest absolute Gasteiger partial charge is 0.493 e. The lowest BCUT2D eigenvalue weighted by Gasteiger charge is -2.12. The van der Waals surface area contributed by atoms with Crippen molar-refractivity contribution in [3.05, 3.63) is 95.6 Å². The molecule has 0 saturated carbocycles. The first-order valence-electron chi connectivity index (χ1n) is 14.1. The zero-order valence-corrected chi connectivity index (χ0v) is 24.5. The minimum absolute atomic E-state index is 0.289. The molecule has 8 nitrogen and oxygen atoms in total. The fraction of sp³-hybridized carbons (Fsp3) is 0.324. The summed E-state index contributed by atoms with van der Waals surface area (Å²) in [5.41, 5.74) is 2.20. The van der Waals surface area contributed by atoms with Gasteiger partial charge in [0.1, 0.15) is 11.5 Å². The molecular weight excluding hydrogens is 536 g/mol. The maximum absolute atomic E-state index is 12.7. The Labute approximate surface area is 247 Å². The molecule has 0 amide bonds. The molecule has 0 atom stereocenters. The highest BCUT2D eigenvalue weighted by Crippen LogP contribution is 2.29. The van der Waals surface area contributed by atoms with Gasteiger partial charge in [-0.15, -0.1) is 0 Å². The second-order valence-corrected chi connectivity index (χ2v) is 9.70. The lowest BCUT2D eigenvalue weighted by atomic mass is 10.1. The first kappa shape index (κ1) is 31.9. The molecule has 8 heteroatoms. The van der Waals surface area contributed by atoms with Crippen molar-refractivity contribution in [3.63, 3.8) is 0 Å².